The number of aliphatic hydroxyl groups excluding tert-OH is 2. The van der Waals surface area contributed by atoms with Gasteiger partial charge in [0, 0.05) is 23.2 Å². The van der Waals surface area contributed by atoms with Crippen molar-refractivity contribution in [3.05, 3.63) is 79.8 Å². The maximum absolute atomic E-state index is 12.1. The van der Waals surface area contributed by atoms with Crippen molar-refractivity contribution in [2.75, 3.05) is 0 Å². The second-order valence-electron chi connectivity index (χ2n) is 5.62. The highest BCUT2D eigenvalue weighted by molar-refractivity contribution is 6.31. The number of aromatic nitrogens is 3. The molecule has 0 aliphatic rings. The zero-order valence-electron chi connectivity index (χ0n) is 13.5. The number of rotatable bonds is 6. The summed E-state index contributed by atoms with van der Waals surface area (Å²) in [6.45, 7) is -0.281. The van der Waals surface area contributed by atoms with Crippen LogP contribution in [0.25, 0.3) is 0 Å². The number of hydrogen-bond donors (Lipinski definition) is 2. The molecule has 0 aliphatic carbocycles. The van der Waals surface area contributed by atoms with E-state index in [2.05, 4.69) is 10.1 Å². The first kappa shape index (κ1) is 18.6. The van der Waals surface area contributed by atoms with Gasteiger partial charge in [0.1, 0.15) is 11.6 Å². The van der Waals surface area contributed by atoms with Crippen LogP contribution in [0.2, 0.25) is 10.0 Å². The van der Waals surface area contributed by atoms with E-state index >= 15 is 0 Å². The molecule has 2 N–H and O–H groups in total. The van der Waals surface area contributed by atoms with E-state index in [4.69, 9.17) is 32.8 Å². The third kappa shape index (κ3) is 4.13. The summed E-state index contributed by atoms with van der Waals surface area (Å²) in [6, 6.07) is 8.36. The molecule has 136 valence electrons. The molecular weight excluding hydrogens is 381 g/mol. The van der Waals surface area contributed by atoms with Crippen LogP contribution >= 0.6 is 23.2 Å². The van der Waals surface area contributed by atoms with Crippen LogP contribution in [0.4, 0.5) is 0 Å². The zero-order valence-corrected chi connectivity index (χ0v) is 15.0. The second-order valence-corrected chi connectivity index (χ2v) is 6.44. The lowest BCUT2D eigenvalue weighted by atomic mass is 10.1. The largest absolute Gasteiger partial charge is 0.392 e. The van der Waals surface area contributed by atoms with Crippen molar-refractivity contribution < 1.29 is 14.7 Å². The van der Waals surface area contributed by atoms with Gasteiger partial charge in [-0.15, -0.1) is 0 Å². The van der Waals surface area contributed by atoms with Crippen molar-refractivity contribution in [2.45, 2.75) is 25.7 Å². The molecule has 0 radical (unpaired) electrons. The van der Waals surface area contributed by atoms with Crippen molar-refractivity contribution in [3.63, 3.8) is 0 Å². The van der Waals surface area contributed by atoms with E-state index in [9.17, 15) is 9.90 Å². The van der Waals surface area contributed by atoms with Crippen molar-refractivity contribution in [3.8, 4) is 0 Å². The van der Waals surface area contributed by atoms with Crippen LogP contribution < -0.4 is 5.56 Å². The van der Waals surface area contributed by atoms with Gasteiger partial charge in [-0.1, -0.05) is 40.5 Å². The molecule has 0 spiro atoms. The van der Waals surface area contributed by atoms with Gasteiger partial charge >= 0.3 is 0 Å². The second kappa shape index (κ2) is 8.01. The third-order valence-corrected chi connectivity index (χ3v) is 4.46. The number of pyridine rings is 1. The van der Waals surface area contributed by atoms with E-state index in [-0.39, 0.29) is 30.5 Å². The van der Waals surface area contributed by atoms with E-state index in [1.165, 1.54) is 10.8 Å². The summed E-state index contributed by atoms with van der Waals surface area (Å²) >= 11 is 11.7. The minimum absolute atomic E-state index is 0.0360. The molecule has 3 rings (SSSR count). The molecule has 1 unspecified atom stereocenters. The quantitative estimate of drug-likeness (QED) is 0.664. The first-order valence-electron chi connectivity index (χ1n) is 7.71. The molecule has 0 bridgehead atoms. The maximum Gasteiger partial charge on any atom is 0.270 e. The average Bonchev–Trinajstić information content (AvgIpc) is 3.06. The lowest BCUT2D eigenvalue weighted by molar-refractivity contribution is 0.174. The molecule has 0 fully saturated rings. The minimum Gasteiger partial charge on any atom is -0.392 e. The fraction of sp³-hybridized carbons (Fsp3) is 0.235. The van der Waals surface area contributed by atoms with E-state index < -0.39 is 11.7 Å². The average molecular weight is 396 g/mol. The molecule has 26 heavy (non-hydrogen) atoms. The molecule has 2 aromatic heterocycles. The fourth-order valence-electron chi connectivity index (χ4n) is 2.39. The summed E-state index contributed by atoms with van der Waals surface area (Å²) in [4.78, 5) is 16.3. The predicted molar refractivity (Wildman–Crippen MR) is 95.2 cm³/mol. The highest BCUT2D eigenvalue weighted by Crippen LogP contribution is 2.19. The standard InChI is InChI=1S/C17H15Cl2N3O4/c18-12-3-1-10(2-4-12)13(24)7-14-20-15(26-21-14)8-22-6-5-11(9-23)16(19)17(22)25/h1-6,13,23-24H,7-9H2. The highest BCUT2D eigenvalue weighted by Gasteiger charge is 2.15. The predicted octanol–water partition coefficient (Wildman–Crippen LogP) is 2.35. The van der Waals surface area contributed by atoms with Gasteiger partial charge in [-0.25, -0.2) is 0 Å². The van der Waals surface area contributed by atoms with Gasteiger partial charge in [0.15, 0.2) is 5.82 Å². The molecule has 2 heterocycles. The van der Waals surface area contributed by atoms with Gasteiger partial charge < -0.3 is 19.3 Å². The summed E-state index contributed by atoms with van der Waals surface area (Å²) in [7, 11) is 0. The summed E-state index contributed by atoms with van der Waals surface area (Å²) in [5, 5.41) is 23.7. The Balaban J connectivity index is 1.71. The molecule has 0 aliphatic heterocycles. The van der Waals surface area contributed by atoms with E-state index in [1.54, 1.807) is 30.3 Å². The molecule has 3 aromatic rings. The van der Waals surface area contributed by atoms with Gasteiger partial charge in [-0.2, -0.15) is 4.98 Å². The monoisotopic (exact) mass is 395 g/mol. The fourth-order valence-corrected chi connectivity index (χ4v) is 2.75. The summed E-state index contributed by atoms with van der Waals surface area (Å²) in [6.07, 6.45) is 0.843. The van der Waals surface area contributed by atoms with Gasteiger partial charge in [0.25, 0.3) is 5.56 Å². The topological polar surface area (TPSA) is 101 Å². The molecule has 9 heteroatoms. The van der Waals surface area contributed by atoms with Crippen LogP contribution in [0.15, 0.2) is 45.8 Å². The maximum atomic E-state index is 12.1. The number of halogens is 2. The lowest BCUT2D eigenvalue weighted by Gasteiger charge is -2.08. The lowest BCUT2D eigenvalue weighted by Crippen LogP contribution is -2.21. The van der Waals surface area contributed by atoms with Crippen molar-refractivity contribution in [1.82, 2.24) is 14.7 Å². The van der Waals surface area contributed by atoms with E-state index in [0.29, 0.717) is 22.0 Å². The Morgan fingerprint density at radius 1 is 1.19 bits per heavy atom. The molecule has 1 aromatic carbocycles. The van der Waals surface area contributed by atoms with Crippen LogP contribution in [0.3, 0.4) is 0 Å². The highest BCUT2D eigenvalue weighted by atomic mass is 35.5. The van der Waals surface area contributed by atoms with E-state index in [1.807, 2.05) is 0 Å². The van der Waals surface area contributed by atoms with E-state index in [0.717, 1.165) is 0 Å². The first-order chi connectivity index (χ1) is 12.5. The zero-order chi connectivity index (χ0) is 18.7. The molecular formula is C17H15Cl2N3O4. The Bertz CT molecular complexity index is 953. The van der Waals surface area contributed by atoms with Crippen molar-refractivity contribution in [2.24, 2.45) is 0 Å². The molecule has 0 saturated carbocycles. The van der Waals surface area contributed by atoms with Crippen molar-refractivity contribution in [1.29, 1.82) is 0 Å². The Morgan fingerprint density at radius 3 is 2.62 bits per heavy atom. The van der Waals surface area contributed by atoms with Crippen LogP contribution in [0, 0.1) is 0 Å². The molecule has 7 nitrogen and oxygen atoms in total. The number of hydrogen-bond acceptors (Lipinski definition) is 6. The van der Waals surface area contributed by atoms with Crippen LogP contribution in [0.1, 0.15) is 28.9 Å². The van der Waals surface area contributed by atoms with Crippen LogP contribution in [-0.4, -0.2) is 24.9 Å². The summed E-state index contributed by atoms with van der Waals surface area (Å²) < 4.78 is 6.43. The van der Waals surface area contributed by atoms with Gasteiger partial charge in [-0.05, 0) is 23.8 Å². The Kier molecular flexibility index (Phi) is 5.73. The van der Waals surface area contributed by atoms with Crippen molar-refractivity contribution >= 4 is 23.2 Å². The van der Waals surface area contributed by atoms with Crippen LogP contribution in [0.5, 0.6) is 0 Å². The normalized spacial score (nSPS) is 12.3. The third-order valence-electron chi connectivity index (χ3n) is 3.80. The van der Waals surface area contributed by atoms with Gasteiger partial charge in [0.2, 0.25) is 5.89 Å². The Hall–Kier alpha value is -2.19. The van der Waals surface area contributed by atoms with Crippen LogP contribution in [-0.2, 0) is 19.6 Å². The SMILES string of the molecule is O=c1c(Cl)c(CO)ccn1Cc1nc(CC(O)c2ccc(Cl)cc2)no1. The molecule has 1 atom stereocenters. The van der Waals surface area contributed by atoms with Gasteiger partial charge in [-0.3, -0.25) is 4.79 Å². The Morgan fingerprint density at radius 2 is 1.92 bits per heavy atom. The minimum atomic E-state index is -0.807. The molecule has 0 amide bonds. The molecule has 0 saturated heterocycles. The number of benzene rings is 1. The summed E-state index contributed by atoms with van der Waals surface area (Å²) in [5.74, 6) is 0.520. The van der Waals surface area contributed by atoms with Gasteiger partial charge in [0.05, 0.1) is 12.7 Å². The smallest absolute Gasteiger partial charge is 0.270 e. The first-order valence-corrected chi connectivity index (χ1v) is 8.47. The summed E-state index contributed by atoms with van der Waals surface area (Å²) in [5.41, 5.74) is 0.577. The number of aliphatic hydroxyl groups is 2. The number of nitrogens with zero attached hydrogens (tertiary/aromatic N) is 3. The Labute approximate surface area is 158 Å².